The van der Waals surface area contributed by atoms with E-state index in [0.717, 1.165) is 6.07 Å². The molecule has 0 aliphatic heterocycles. The van der Waals surface area contributed by atoms with E-state index < -0.39 is 11.7 Å². The summed E-state index contributed by atoms with van der Waals surface area (Å²) in [5.41, 5.74) is -0.341. The average molecular weight is 247 g/mol. The smallest absolute Gasteiger partial charge is 0.166 e. The molecule has 0 saturated heterocycles. The number of rotatable bonds is 2. The lowest BCUT2D eigenvalue weighted by Crippen LogP contribution is -2.05. The Kier molecular flexibility index (Phi) is 4.19. The van der Waals surface area contributed by atoms with E-state index in [-0.39, 0.29) is 5.02 Å². The lowest BCUT2D eigenvalue weighted by molar-refractivity contribution is -0.137. The molecule has 16 heavy (non-hydrogen) atoms. The fourth-order valence-electron chi connectivity index (χ4n) is 1.14. The van der Waals surface area contributed by atoms with E-state index >= 15 is 0 Å². The standard InChI is InChI=1S/C12H10ClF3/c1-2-3-4-5-9-6-7-11(13)10(8-9)12(14,15)16/h2-8H,1H3/b3-2+,5-4+. The van der Waals surface area contributed by atoms with Crippen molar-refractivity contribution in [2.75, 3.05) is 0 Å². The highest BCUT2D eigenvalue weighted by molar-refractivity contribution is 6.31. The maximum absolute atomic E-state index is 12.5. The van der Waals surface area contributed by atoms with Crippen molar-refractivity contribution >= 4 is 17.7 Å². The van der Waals surface area contributed by atoms with Gasteiger partial charge in [0, 0.05) is 0 Å². The zero-order valence-corrected chi connectivity index (χ0v) is 9.31. The van der Waals surface area contributed by atoms with E-state index in [2.05, 4.69) is 0 Å². The number of hydrogen-bond acceptors (Lipinski definition) is 0. The minimum Gasteiger partial charge on any atom is -0.166 e. The summed E-state index contributed by atoms with van der Waals surface area (Å²) < 4.78 is 37.5. The molecule has 0 aliphatic rings. The molecule has 0 fully saturated rings. The summed E-state index contributed by atoms with van der Waals surface area (Å²) in [6, 6.07) is 3.82. The summed E-state index contributed by atoms with van der Waals surface area (Å²) in [6.07, 6.45) is 2.37. The van der Waals surface area contributed by atoms with Crippen molar-refractivity contribution in [3.63, 3.8) is 0 Å². The monoisotopic (exact) mass is 246 g/mol. The van der Waals surface area contributed by atoms with E-state index in [9.17, 15) is 13.2 Å². The minimum atomic E-state index is -4.42. The van der Waals surface area contributed by atoms with Crippen molar-refractivity contribution in [2.45, 2.75) is 13.1 Å². The van der Waals surface area contributed by atoms with Crippen LogP contribution in [0.2, 0.25) is 5.02 Å². The molecule has 0 atom stereocenters. The third kappa shape index (κ3) is 3.42. The van der Waals surface area contributed by atoms with Gasteiger partial charge in [-0.25, -0.2) is 0 Å². The van der Waals surface area contributed by atoms with Gasteiger partial charge in [-0.1, -0.05) is 42.0 Å². The van der Waals surface area contributed by atoms with Gasteiger partial charge in [0.2, 0.25) is 0 Å². The zero-order chi connectivity index (χ0) is 12.2. The summed E-state index contributed by atoms with van der Waals surface area (Å²) in [7, 11) is 0. The van der Waals surface area contributed by atoms with Crippen LogP contribution in [0, 0.1) is 0 Å². The van der Waals surface area contributed by atoms with Gasteiger partial charge in [-0.2, -0.15) is 13.2 Å². The molecule has 0 nitrogen and oxygen atoms in total. The van der Waals surface area contributed by atoms with E-state index in [1.165, 1.54) is 12.1 Å². The third-order valence-corrected chi connectivity index (χ3v) is 2.22. The molecular formula is C12H10ClF3. The van der Waals surface area contributed by atoms with Gasteiger partial charge < -0.3 is 0 Å². The molecule has 1 aromatic rings. The fraction of sp³-hybridized carbons (Fsp3) is 0.167. The lowest BCUT2D eigenvalue weighted by Gasteiger charge is -2.09. The summed E-state index contributed by atoms with van der Waals surface area (Å²) >= 11 is 5.48. The van der Waals surface area contributed by atoms with Crippen LogP contribution < -0.4 is 0 Å². The van der Waals surface area contributed by atoms with Crippen LogP contribution >= 0.6 is 11.6 Å². The first-order valence-corrected chi connectivity index (χ1v) is 4.99. The normalized spacial score (nSPS) is 12.8. The average Bonchev–Trinajstić information content (AvgIpc) is 2.19. The second-order valence-electron chi connectivity index (χ2n) is 3.12. The number of halogens is 4. The van der Waals surface area contributed by atoms with Gasteiger partial charge in [-0.3, -0.25) is 0 Å². The molecule has 1 rings (SSSR count). The minimum absolute atomic E-state index is 0.282. The SMILES string of the molecule is C/C=C/C=C/c1ccc(Cl)c(C(F)(F)F)c1. The lowest BCUT2D eigenvalue weighted by atomic mass is 10.1. The van der Waals surface area contributed by atoms with Crippen LogP contribution in [0.4, 0.5) is 13.2 Å². The molecule has 0 spiro atoms. The Hall–Kier alpha value is -1.22. The first-order chi connectivity index (χ1) is 7.45. The Morgan fingerprint density at radius 2 is 1.88 bits per heavy atom. The molecule has 0 amide bonds. The number of benzene rings is 1. The summed E-state index contributed by atoms with van der Waals surface area (Å²) in [4.78, 5) is 0. The Morgan fingerprint density at radius 1 is 1.19 bits per heavy atom. The Balaban J connectivity index is 3.08. The van der Waals surface area contributed by atoms with Crippen molar-refractivity contribution < 1.29 is 13.2 Å². The van der Waals surface area contributed by atoms with Gasteiger partial charge in [0.25, 0.3) is 0 Å². The van der Waals surface area contributed by atoms with E-state index in [0.29, 0.717) is 5.56 Å². The first-order valence-electron chi connectivity index (χ1n) is 4.61. The Morgan fingerprint density at radius 3 is 2.44 bits per heavy atom. The van der Waals surface area contributed by atoms with Crippen molar-refractivity contribution in [1.29, 1.82) is 0 Å². The van der Waals surface area contributed by atoms with Crippen LogP contribution in [-0.4, -0.2) is 0 Å². The molecule has 0 radical (unpaired) electrons. The molecule has 4 heteroatoms. The maximum Gasteiger partial charge on any atom is 0.417 e. The van der Waals surface area contributed by atoms with Crippen molar-refractivity contribution in [2.24, 2.45) is 0 Å². The molecule has 0 N–H and O–H groups in total. The Bertz CT molecular complexity index is 417. The van der Waals surface area contributed by atoms with Crippen LogP contribution in [0.15, 0.2) is 36.4 Å². The molecule has 0 saturated carbocycles. The van der Waals surface area contributed by atoms with E-state index in [1.54, 1.807) is 24.3 Å². The predicted octanol–water partition coefficient (Wildman–Crippen LogP) is 4.95. The molecule has 1 aromatic carbocycles. The molecule has 0 heterocycles. The van der Waals surface area contributed by atoms with Gasteiger partial charge in [0.15, 0.2) is 0 Å². The Labute approximate surface area is 97.0 Å². The van der Waals surface area contributed by atoms with Crippen LogP contribution in [-0.2, 0) is 6.18 Å². The molecule has 0 aromatic heterocycles. The second-order valence-corrected chi connectivity index (χ2v) is 3.53. The molecule has 86 valence electrons. The highest BCUT2D eigenvalue weighted by Crippen LogP contribution is 2.35. The topological polar surface area (TPSA) is 0 Å². The first kappa shape index (κ1) is 12.8. The molecule has 0 aliphatic carbocycles. The van der Waals surface area contributed by atoms with Crippen molar-refractivity contribution in [3.8, 4) is 0 Å². The number of alkyl halides is 3. The third-order valence-electron chi connectivity index (χ3n) is 1.89. The molecule has 0 unspecified atom stereocenters. The van der Waals surface area contributed by atoms with Gasteiger partial charge in [0.1, 0.15) is 0 Å². The number of allylic oxidation sites excluding steroid dienone is 3. The second kappa shape index (κ2) is 5.21. The van der Waals surface area contributed by atoms with Gasteiger partial charge in [-0.15, -0.1) is 0 Å². The van der Waals surface area contributed by atoms with E-state index in [4.69, 9.17) is 11.6 Å². The highest BCUT2D eigenvalue weighted by atomic mass is 35.5. The van der Waals surface area contributed by atoms with Gasteiger partial charge in [0.05, 0.1) is 10.6 Å². The summed E-state index contributed by atoms with van der Waals surface area (Å²) in [6.45, 7) is 1.83. The largest absolute Gasteiger partial charge is 0.417 e. The van der Waals surface area contributed by atoms with E-state index in [1.807, 2.05) is 6.92 Å². The summed E-state index contributed by atoms with van der Waals surface area (Å²) in [5.74, 6) is 0. The van der Waals surface area contributed by atoms with Gasteiger partial charge in [-0.05, 0) is 24.6 Å². The predicted molar refractivity (Wildman–Crippen MR) is 60.3 cm³/mol. The zero-order valence-electron chi connectivity index (χ0n) is 8.55. The maximum atomic E-state index is 12.5. The highest BCUT2D eigenvalue weighted by Gasteiger charge is 2.33. The quantitative estimate of drug-likeness (QED) is 0.648. The van der Waals surface area contributed by atoms with Crippen LogP contribution in [0.3, 0.4) is 0 Å². The fourth-order valence-corrected chi connectivity index (χ4v) is 1.37. The van der Waals surface area contributed by atoms with Gasteiger partial charge >= 0.3 is 6.18 Å². The number of hydrogen-bond donors (Lipinski definition) is 0. The molecular weight excluding hydrogens is 237 g/mol. The van der Waals surface area contributed by atoms with Crippen LogP contribution in [0.25, 0.3) is 6.08 Å². The van der Waals surface area contributed by atoms with Crippen molar-refractivity contribution in [3.05, 3.63) is 52.6 Å². The van der Waals surface area contributed by atoms with Crippen molar-refractivity contribution in [1.82, 2.24) is 0 Å². The van der Waals surface area contributed by atoms with Crippen LogP contribution in [0.5, 0.6) is 0 Å². The van der Waals surface area contributed by atoms with Crippen LogP contribution in [0.1, 0.15) is 18.1 Å². The summed E-state index contributed by atoms with van der Waals surface area (Å²) in [5, 5.41) is -0.282. The molecule has 0 bridgehead atoms.